The molecule has 0 fully saturated rings. The highest BCUT2D eigenvalue weighted by molar-refractivity contribution is 6.31. The van der Waals surface area contributed by atoms with Crippen molar-refractivity contribution >= 4 is 11.6 Å². The first-order valence-electron chi connectivity index (χ1n) is 7.35. The van der Waals surface area contributed by atoms with Crippen LogP contribution < -0.4 is 10.1 Å². The Kier molecular flexibility index (Phi) is 6.51. The molecule has 0 aliphatic rings. The second kappa shape index (κ2) is 7.48. The molecule has 1 N–H and O–H groups in total. The Bertz CT molecular complexity index is 453. The smallest absolute Gasteiger partial charge is 0.125 e. The van der Waals surface area contributed by atoms with Gasteiger partial charge in [-0.3, -0.25) is 0 Å². The summed E-state index contributed by atoms with van der Waals surface area (Å²) in [5.41, 5.74) is 0.862. The molecule has 0 spiro atoms. The molecule has 0 amide bonds. The molecule has 0 aromatic heterocycles. The van der Waals surface area contributed by atoms with Crippen LogP contribution >= 0.6 is 11.6 Å². The highest BCUT2D eigenvalue weighted by atomic mass is 35.5. The van der Waals surface area contributed by atoms with E-state index in [-0.39, 0.29) is 11.1 Å². The maximum Gasteiger partial charge on any atom is 0.125 e. The Morgan fingerprint density at radius 3 is 2.38 bits per heavy atom. The first-order chi connectivity index (χ1) is 9.64. The lowest BCUT2D eigenvalue weighted by molar-refractivity contribution is 0.00537. The Morgan fingerprint density at radius 2 is 1.81 bits per heavy atom. The van der Waals surface area contributed by atoms with Crippen molar-refractivity contribution in [3.63, 3.8) is 0 Å². The van der Waals surface area contributed by atoms with Gasteiger partial charge < -0.3 is 14.8 Å². The SMILES string of the molecule is COC(C)(C)CCOc1cccc(Cl)c1CNC(C)(C)C. The van der Waals surface area contributed by atoms with Gasteiger partial charge in [0.2, 0.25) is 0 Å². The molecule has 0 saturated heterocycles. The van der Waals surface area contributed by atoms with E-state index in [0.717, 1.165) is 22.8 Å². The van der Waals surface area contributed by atoms with Gasteiger partial charge >= 0.3 is 0 Å². The third-order valence-corrected chi connectivity index (χ3v) is 3.74. The standard InChI is InChI=1S/C17H28ClNO2/c1-16(2,3)19-12-13-14(18)8-7-9-15(13)21-11-10-17(4,5)20-6/h7-9,19H,10-12H2,1-6H3. The van der Waals surface area contributed by atoms with Crippen molar-refractivity contribution in [2.75, 3.05) is 13.7 Å². The quantitative estimate of drug-likeness (QED) is 0.808. The van der Waals surface area contributed by atoms with E-state index in [4.69, 9.17) is 21.1 Å². The molecule has 0 radical (unpaired) electrons. The normalized spacial score (nSPS) is 12.5. The van der Waals surface area contributed by atoms with E-state index in [1.807, 2.05) is 18.2 Å². The fourth-order valence-electron chi connectivity index (χ4n) is 1.71. The average Bonchev–Trinajstić information content (AvgIpc) is 2.36. The fraction of sp³-hybridized carbons (Fsp3) is 0.647. The number of benzene rings is 1. The summed E-state index contributed by atoms with van der Waals surface area (Å²) >= 11 is 6.31. The zero-order valence-corrected chi connectivity index (χ0v) is 14.8. The van der Waals surface area contributed by atoms with Crippen molar-refractivity contribution < 1.29 is 9.47 Å². The molecule has 0 aliphatic heterocycles. The van der Waals surface area contributed by atoms with Crippen LogP contribution in [0.3, 0.4) is 0 Å². The van der Waals surface area contributed by atoms with Crippen molar-refractivity contribution in [1.29, 1.82) is 0 Å². The molecule has 0 unspecified atom stereocenters. The number of rotatable bonds is 7. The zero-order valence-electron chi connectivity index (χ0n) is 14.0. The first kappa shape index (κ1) is 18.3. The van der Waals surface area contributed by atoms with Crippen molar-refractivity contribution in [2.24, 2.45) is 0 Å². The van der Waals surface area contributed by atoms with Gasteiger partial charge in [0.05, 0.1) is 12.2 Å². The molecular formula is C17H28ClNO2. The number of methoxy groups -OCH3 is 1. The number of hydrogen-bond donors (Lipinski definition) is 1. The van der Waals surface area contributed by atoms with Gasteiger partial charge in [-0.25, -0.2) is 0 Å². The van der Waals surface area contributed by atoms with Crippen LogP contribution in [-0.4, -0.2) is 24.9 Å². The minimum absolute atomic E-state index is 0.0362. The Labute approximate surface area is 134 Å². The van der Waals surface area contributed by atoms with Crippen molar-refractivity contribution in [3.8, 4) is 5.75 Å². The molecule has 1 aromatic rings. The number of nitrogens with one attached hydrogen (secondary N) is 1. The van der Waals surface area contributed by atoms with E-state index in [1.54, 1.807) is 7.11 Å². The molecule has 0 atom stereocenters. The van der Waals surface area contributed by atoms with Gasteiger partial charge in [-0.15, -0.1) is 0 Å². The monoisotopic (exact) mass is 313 g/mol. The number of hydrogen-bond acceptors (Lipinski definition) is 3. The minimum atomic E-state index is -0.178. The maximum atomic E-state index is 6.31. The predicted molar refractivity (Wildman–Crippen MR) is 89.2 cm³/mol. The Hall–Kier alpha value is -0.770. The summed E-state index contributed by atoms with van der Waals surface area (Å²) in [5, 5.41) is 4.18. The van der Waals surface area contributed by atoms with Crippen LogP contribution in [-0.2, 0) is 11.3 Å². The fourth-order valence-corrected chi connectivity index (χ4v) is 1.94. The maximum absolute atomic E-state index is 6.31. The van der Waals surface area contributed by atoms with Gasteiger partial charge in [0, 0.05) is 36.2 Å². The van der Waals surface area contributed by atoms with Crippen molar-refractivity contribution in [2.45, 2.75) is 58.7 Å². The van der Waals surface area contributed by atoms with Crippen molar-refractivity contribution in [1.82, 2.24) is 5.32 Å². The highest BCUT2D eigenvalue weighted by Gasteiger charge is 2.17. The summed E-state index contributed by atoms with van der Waals surface area (Å²) in [4.78, 5) is 0. The molecular weight excluding hydrogens is 286 g/mol. The summed E-state index contributed by atoms with van der Waals surface area (Å²) in [7, 11) is 1.72. The number of halogens is 1. The summed E-state index contributed by atoms with van der Waals surface area (Å²) in [6, 6.07) is 5.78. The molecule has 1 rings (SSSR count). The van der Waals surface area contributed by atoms with Crippen LogP contribution in [0.4, 0.5) is 0 Å². The van der Waals surface area contributed by atoms with Crippen LogP contribution in [0.2, 0.25) is 5.02 Å². The van der Waals surface area contributed by atoms with E-state index in [1.165, 1.54) is 0 Å². The molecule has 1 aromatic carbocycles. The molecule has 21 heavy (non-hydrogen) atoms. The lowest BCUT2D eigenvalue weighted by atomic mass is 10.1. The van der Waals surface area contributed by atoms with Crippen LogP contribution in [0.15, 0.2) is 18.2 Å². The molecule has 0 saturated carbocycles. The van der Waals surface area contributed by atoms with Gasteiger partial charge in [-0.05, 0) is 46.8 Å². The molecule has 3 nitrogen and oxygen atoms in total. The summed E-state index contributed by atoms with van der Waals surface area (Å²) in [6.45, 7) is 11.8. The van der Waals surface area contributed by atoms with E-state index >= 15 is 0 Å². The number of ether oxygens (including phenoxy) is 2. The second-order valence-corrected chi connectivity index (χ2v) is 7.29. The predicted octanol–water partition coefficient (Wildman–Crippen LogP) is 4.42. The largest absolute Gasteiger partial charge is 0.493 e. The molecule has 0 aliphatic carbocycles. The van der Waals surface area contributed by atoms with Crippen molar-refractivity contribution in [3.05, 3.63) is 28.8 Å². The lowest BCUT2D eigenvalue weighted by Crippen LogP contribution is -2.35. The van der Waals surface area contributed by atoms with Crippen LogP contribution in [0.5, 0.6) is 5.75 Å². The second-order valence-electron chi connectivity index (χ2n) is 6.88. The lowest BCUT2D eigenvalue weighted by Gasteiger charge is -2.24. The molecule has 0 heterocycles. The summed E-state index contributed by atoms with van der Waals surface area (Å²) in [6.07, 6.45) is 0.822. The van der Waals surface area contributed by atoms with Gasteiger partial charge in [0.15, 0.2) is 0 Å². The minimum Gasteiger partial charge on any atom is -0.493 e. The topological polar surface area (TPSA) is 30.5 Å². The zero-order chi connectivity index (χ0) is 16.1. The Balaban J connectivity index is 2.71. The van der Waals surface area contributed by atoms with Gasteiger partial charge in [-0.2, -0.15) is 0 Å². The van der Waals surface area contributed by atoms with Gasteiger partial charge in [-0.1, -0.05) is 17.7 Å². The summed E-state index contributed by atoms with van der Waals surface area (Å²) in [5.74, 6) is 0.839. The van der Waals surface area contributed by atoms with Gasteiger partial charge in [0.1, 0.15) is 5.75 Å². The highest BCUT2D eigenvalue weighted by Crippen LogP contribution is 2.27. The van der Waals surface area contributed by atoms with Crippen LogP contribution in [0, 0.1) is 0 Å². The van der Waals surface area contributed by atoms with Crippen LogP contribution in [0.25, 0.3) is 0 Å². The third-order valence-electron chi connectivity index (χ3n) is 3.39. The molecule has 120 valence electrons. The van der Waals surface area contributed by atoms with Crippen LogP contribution in [0.1, 0.15) is 46.6 Å². The summed E-state index contributed by atoms with van der Waals surface area (Å²) < 4.78 is 11.3. The molecule has 0 bridgehead atoms. The Morgan fingerprint density at radius 1 is 1.14 bits per heavy atom. The van der Waals surface area contributed by atoms with Gasteiger partial charge in [0.25, 0.3) is 0 Å². The van der Waals surface area contributed by atoms with E-state index in [0.29, 0.717) is 13.2 Å². The first-order valence-corrected chi connectivity index (χ1v) is 7.73. The van der Waals surface area contributed by atoms with E-state index < -0.39 is 0 Å². The molecule has 4 heteroatoms. The van der Waals surface area contributed by atoms with E-state index in [9.17, 15) is 0 Å². The third kappa shape index (κ3) is 6.68. The van der Waals surface area contributed by atoms with E-state index in [2.05, 4.69) is 39.9 Å². The average molecular weight is 314 g/mol.